The summed E-state index contributed by atoms with van der Waals surface area (Å²) in [5.41, 5.74) is 0.744. The fourth-order valence-electron chi connectivity index (χ4n) is 4.30. The number of carbonyl (C=O) groups excluding carboxylic acids is 2. The molecule has 1 aromatic carbocycles. The highest BCUT2D eigenvalue weighted by atomic mass is 16.3. The smallest absolute Gasteiger partial charge is 0.315 e. The van der Waals surface area contributed by atoms with Gasteiger partial charge < -0.3 is 20.0 Å². The van der Waals surface area contributed by atoms with Crippen molar-refractivity contribution in [3.05, 3.63) is 36.1 Å². The molecule has 1 aliphatic heterocycles. The predicted octanol–water partition coefficient (Wildman–Crippen LogP) is 3.92. The van der Waals surface area contributed by atoms with Crippen molar-refractivity contribution < 1.29 is 14.0 Å². The number of amides is 3. The maximum absolute atomic E-state index is 12.7. The Morgan fingerprint density at radius 3 is 2.54 bits per heavy atom. The van der Waals surface area contributed by atoms with Crippen LogP contribution in [0.25, 0.3) is 11.0 Å². The molecule has 0 radical (unpaired) electrons. The summed E-state index contributed by atoms with van der Waals surface area (Å²) in [6.07, 6.45) is 7.69. The summed E-state index contributed by atoms with van der Waals surface area (Å²) in [4.78, 5) is 26.7. The van der Waals surface area contributed by atoms with Gasteiger partial charge >= 0.3 is 6.03 Å². The first kappa shape index (κ1) is 18.8. The van der Waals surface area contributed by atoms with Crippen LogP contribution >= 0.6 is 0 Å². The minimum atomic E-state index is -0.0484. The first-order chi connectivity index (χ1) is 13.7. The normalized spacial score (nSPS) is 18.9. The second-order valence-electron chi connectivity index (χ2n) is 8.07. The molecule has 0 unspecified atom stereocenters. The van der Waals surface area contributed by atoms with Crippen molar-refractivity contribution in [2.24, 2.45) is 5.92 Å². The van der Waals surface area contributed by atoms with Crippen LogP contribution in [0, 0.1) is 5.92 Å². The Bertz CT molecular complexity index is 784. The number of rotatable bonds is 4. The standard InChI is InChI=1S/C22H29N3O3/c26-21(20-14-17-6-4-5-9-19(17)28-20)25-12-10-16(11-13-25)15-23-22(27)24-18-7-2-1-3-8-18/h4-6,9,14,16,18H,1-3,7-8,10-13,15H2,(H2,23,24,27). The van der Waals surface area contributed by atoms with E-state index in [0.29, 0.717) is 37.4 Å². The monoisotopic (exact) mass is 383 g/mol. The van der Waals surface area contributed by atoms with Gasteiger partial charge in [0.05, 0.1) is 0 Å². The van der Waals surface area contributed by atoms with Crippen LogP contribution in [0.2, 0.25) is 0 Å². The third-order valence-corrected chi connectivity index (χ3v) is 6.03. The number of para-hydroxylation sites is 1. The number of nitrogens with one attached hydrogen (secondary N) is 2. The van der Waals surface area contributed by atoms with E-state index in [-0.39, 0.29) is 11.9 Å². The molecule has 0 atom stereocenters. The lowest BCUT2D eigenvalue weighted by Gasteiger charge is -2.31. The van der Waals surface area contributed by atoms with Gasteiger partial charge in [0.2, 0.25) is 0 Å². The van der Waals surface area contributed by atoms with Gasteiger partial charge in [-0.25, -0.2) is 4.79 Å². The molecule has 28 heavy (non-hydrogen) atoms. The molecule has 0 bridgehead atoms. The summed E-state index contributed by atoms with van der Waals surface area (Å²) in [7, 11) is 0. The molecule has 2 heterocycles. The maximum atomic E-state index is 12.7. The zero-order chi connectivity index (χ0) is 19.3. The lowest BCUT2D eigenvalue weighted by molar-refractivity contribution is 0.0661. The number of benzene rings is 1. The molecule has 2 aromatic rings. The van der Waals surface area contributed by atoms with E-state index in [1.807, 2.05) is 35.2 Å². The summed E-state index contributed by atoms with van der Waals surface area (Å²) in [6, 6.07) is 9.78. The van der Waals surface area contributed by atoms with Crippen LogP contribution < -0.4 is 10.6 Å². The molecular formula is C22H29N3O3. The molecule has 1 aliphatic carbocycles. The average Bonchev–Trinajstić information content (AvgIpc) is 3.17. The van der Waals surface area contributed by atoms with Gasteiger partial charge in [0.1, 0.15) is 5.58 Å². The summed E-state index contributed by atoms with van der Waals surface area (Å²) >= 11 is 0. The van der Waals surface area contributed by atoms with Gasteiger partial charge in [-0.05, 0) is 43.7 Å². The summed E-state index contributed by atoms with van der Waals surface area (Å²) in [5.74, 6) is 0.777. The predicted molar refractivity (Wildman–Crippen MR) is 108 cm³/mol. The van der Waals surface area contributed by atoms with Crippen molar-refractivity contribution in [3.63, 3.8) is 0 Å². The Morgan fingerprint density at radius 2 is 1.79 bits per heavy atom. The zero-order valence-electron chi connectivity index (χ0n) is 16.3. The zero-order valence-corrected chi connectivity index (χ0v) is 16.3. The Kier molecular flexibility index (Phi) is 5.84. The molecule has 1 aromatic heterocycles. The second kappa shape index (κ2) is 8.67. The Labute approximate surface area is 165 Å². The van der Waals surface area contributed by atoms with Crippen molar-refractivity contribution >= 4 is 22.9 Å². The molecule has 0 spiro atoms. The van der Waals surface area contributed by atoms with Crippen LogP contribution in [0.15, 0.2) is 34.7 Å². The Morgan fingerprint density at radius 1 is 1.04 bits per heavy atom. The maximum Gasteiger partial charge on any atom is 0.315 e. The van der Waals surface area contributed by atoms with Crippen LogP contribution in [-0.2, 0) is 0 Å². The van der Waals surface area contributed by atoms with Crippen LogP contribution in [-0.4, -0.2) is 42.5 Å². The summed E-state index contributed by atoms with van der Waals surface area (Å²) < 4.78 is 5.70. The van der Waals surface area contributed by atoms with E-state index in [9.17, 15) is 9.59 Å². The van der Waals surface area contributed by atoms with Gasteiger partial charge in [-0.1, -0.05) is 37.5 Å². The molecule has 2 N–H and O–H groups in total. The van der Waals surface area contributed by atoms with Crippen molar-refractivity contribution in [1.82, 2.24) is 15.5 Å². The fourth-order valence-corrected chi connectivity index (χ4v) is 4.30. The molecule has 6 nitrogen and oxygen atoms in total. The van der Waals surface area contributed by atoms with E-state index in [1.165, 1.54) is 19.3 Å². The number of hydrogen-bond acceptors (Lipinski definition) is 3. The molecule has 2 fully saturated rings. The highest BCUT2D eigenvalue weighted by molar-refractivity contribution is 5.96. The van der Waals surface area contributed by atoms with Crippen LogP contribution in [0.1, 0.15) is 55.5 Å². The number of nitrogens with zero attached hydrogens (tertiary/aromatic N) is 1. The first-order valence-electron chi connectivity index (χ1n) is 10.5. The van der Waals surface area contributed by atoms with E-state index >= 15 is 0 Å². The lowest BCUT2D eigenvalue weighted by atomic mass is 9.95. The molecule has 4 rings (SSSR count). The average molecular weight is 383 g/mol. The van der Waals surface area contributed by atoms with E-state index in [1.54, 1.807) is 0 Å². The van der Waals surface area contributed by atoms with Gasteiger partial charge in [0.15, 0.2) is 5.76 Å². The number of carbonyl (C=O) groups is 2. The first-order valence-corrected chi connectivity index (χ1v) is 10.5. The number of fused-ring (bicyclic) bond motifs is 1. The number of hydrogen-bond donors (Lipinski definition) is 2. The van der Waals surface area contributed by atoms with E-state index < -0.39 is 0 Å². The SMILES string of the molecule is O=C(NCC1CCN(C(=O)c2cc3ccccc3o2)CC1)NC1CCCCC1. The third kappa shape index (κ3) is 4.49. The summed E-state index contributed by atoms with van der Waals surface area (Å²) in [5, 5.41) is 7.07. The Hall–Kier alpha value is -2.50. The minimum Gasteiger partial charge on any atom is -0.451 e. The molecule has 1 saturated carbocycles. The van der Waals surface area contributed by atoms with Crippen LogP contribution in [0.5, 0.6) is 0 Å². The van der Waals surface area contributed by atoms with Gasteiger partial charge in [0, 0.05) is 31.1 Å². The molecular weight excluding hydrogens is 354 g/mol. The largest absolute Gasteiger partial charge is 0.451 e. The van der Waals surface area contributed by atoms with E-state index in [2.05, 4.69) is 10.6 Å². The topological polar surface area (TPSA) is 74.6 Å². The van der Waals surface area contributed by atoms with E-state index in [0.717, 1.165) is 36.7 Å². The van der Waals surface area contributed by atoms with Gasteiger partial charge in [0.25, 0.3) is 5.91 Å². The second-order valence-corrected chi connectivity index (χ2v) is 8.07. The highest BCUT2D eigenvalue weighted by Gasteiger charge is 2.26. The molecule has 3 amide bonds. The number of piperidine rings is 1. The molecule has 150 valence electrons. The van der Waals surface area contributed by atoms with Crippen molar-refractivity contribution in [2.75, 3.05) is 19.6 Å². The van der Waals surface area contributed by atoms with Gasteiger partial charge in [-0.3, -0.25) is 4.79 Å². The molecule has 1 saturated heterocycles. The van der Waals surface area contributed by atoms with Gasteiger partial charge in [-0.15, -0.1) is 0 Å². The minimum absolute atomic E-state index is 0.0438. The van der Waals surface area contributed by atoms with Gasteiger partial charge in [-0.2, -0.15) is 0 Å². The third-order valence-electron chi connectivity index (χ3n) is 6.03. The lowest BCUT2D eigenvalue weighted by Crippen LogP contribution is -2.46. The van der Waals surface area contributed by atoms with Crippen LogP contribution in [0.3, 0.4) is 0 Å². The molecule has 6 heteroatoms. The van der Waals surface area contributed by atoms with Crippen molar-refractivity contribution in [1.29, 1.82) is 0 Å². The van der Waals surface area contributed by atoms with Crippen LogP contribution in [0.4, 0.5) is 4.79 Å². The summed E-state index contributed by atoms with van der Waals surface area (Å²) in [6.45, 7) is 2.07. The molecule has 2 aliphatic rings. The van der Waals surface area contributed by atoms with Crippen molar-refractivity contribution in [3.8, 4) is 0 Å². The Balaban J connectivity index is 1.21. The number of furan rings is 1. The van der Waals surface area contributed by atoms with Crippen molar-refractivity contribution in [2.45, 2.75) is 51.0 Å². The highest BCUT2D eigenvalue weighted by Crippen LogP contribution is 2.23. The fraction of sp³-hybridized carbons (Fsp3) is 0.545. The quantitative estimate of drug-likeness (QED) is 0.840. The van der Waals surface area contributed by atoms with E-state index in [4.69, 9.17) is 4.42 Å². The number of likely N-dealkylation sites (tertiary alicyclic amines) is 1. The number of urea groups is 1.